The number of carbonyl (C=O) groups is 1. The number of hydrogen-bond donors (Lipinski definition) is 1. The van der Waals surface area contributed by atoms with Crippen molar-refractivity contribution >= 4 is 22.9 Å². The second-order valence-electron chi connectivity index (χ2n) is 6.57. The van der Waals surface area contributed by atoms with Gasteiger partial charge in [-0.3, -0.25) is 24.7 Å². The molecule has 0 atom stereocenters. The Kier molecular flexibility index (Phi) is 6.76. The largest absolute Gasteiger partial charge is 0.344 e. The molecule has 3 rings (SSSR count). The maximum atomic E-state index is 11.7. The smallest absolute Gasteiger partial charge is 0.278 e. The number of para-hydroxylation sites is 1. The molecule has 1 aliphatic heterocycles. The molecule has 7 nitrogen and oxygen atoms in total. The standard InChI is InChI=1S/C20H22N4O3S/c1-2-9-21-20(25)15-23-12-10-22(11-13-23)14-16-7-8-19(28-16)17-5-3-4-6-18(17)24(26)27/h1,3-8H,9-15H2,(H,21,25). The van der Waals surface area contributed by atoms with Crippen LogP contribution in [-0.2, 0) is 11.3 Å². The van der Waals surface area contributed by atoms with Crippen LogP contribution in [0.15, 0.2) is 36.4 Å². The molecule has 1 saturated heterocycles. The van der Waals surface area contributed by atoms with E-state index in [1.807, 2.05) is 18.2 Å². The Balaban J connectivity index is 1.54. The van der Waals surface area contributed by atoms with Gasteiger partial charge in [0.15, 0.2) is 0 Å². The van der Waals surface area contributed by atoms with Gasteiger partial charge in [0.05, 0.1) is 23.6 Å². The number of benzene rings is 1. The summed E-state index contributed by atoms with van der Waals surface area (Å²) in [7, 11) is 0. The lowest BCUT2D eigenvalue weighted by Gasteiger charge is -2.33. The molecule has 0 unspecified atom stereocenters. The number of carbonyl (C=O) groups excluding carboxylic acids is 1. The van der Waals surface area contributed by atoms with Crippen molar-refractivity contribution in [1.82, 2.24) is 15.1 Å². The average molecular weight is 398 g/mol. The van der Waals surface area contributed by atoms with Gasteiger partial charge in [0.1, 0.15) is 0 Å². The molecule has 2 heterocycles. The molecule has 1 N–H and O–H groups in total. The van der Waals surface area contributed by atoms with Gasteiger partial charge in [-0.1, -0.05) is 18.1 Å². The fraction of sp³-hybridized carbons (Fsp3) is 0.350. The number of nitrogens with one attached hydrogen (secondary N) is 1. The van der Waals surface area contributed by atoms with Crippen molar-refractivity contribution in [2.75, 3.05) is 39.3 Å². The van der Waals surface area contributed by atoms with E-state index in [2.05, 4.69) is 21.0 Å². The summed E-state index contributed by atoms with van der Waals surface area (Å²) in [5.74, 6) is 2.36. The summed E-state index contributed by atoms with van der Waals surface area (Å²) >= 11 is 1.59. The van der Waals surface area contributed by atoms with Crippen LogP contribution in [0.1, 0.15) is 4.88 Å². The van der Waals surface area contributed by atoms with Gasteiger partial charge in [0, 0.05) is 48.5 Å². The monoisotopic (exact) mass is 398 g/mol. The Hall–Kier alpha value is -2.73. The molecular formula is C20H22N4O3S. The molecule has 0 radical (unpaired) electrons. The van der Waals surface area contributed by atoms with E-state index in [9.17, 15) is 14.9 Å². The number of thiophene rings is 1. The highest BCUT2D eigenvalue weighted by Crippen LogP contribution is 2.35. The molecule has 1 aliphatic rings. The van der Waals surface area contributed by atoms with Crippen molar-refractivity contribution in [1.29, 1.82) is 0 Å². The summed E-state index contributed by atoms with van der Waals surface area (Å²) in [6.07, 6.45) is 5.15. The van der Waals surface area contributed by atoms with Gasteiger partial charge in [0.2, 0.25) is 5.91 Å². The van der Waals surface area contributed by atoms with Crippen molar-refractivity contribution in [3.05, 3.63) is 51.4 Å². The van der Waals surface area contributed by atoms with Crippen LogP contribution in [0, 0.1) is 22.5 Å². The van der Waals surface area contributed by atoms with Gasteiger partial charge in [-0.25, -0.2) is 0 Å². The quantitative estimate of drug-likeness (QED) is 0.439. The third-order valence-electron chi connectivity index (χ3n) is 4.63. The Bertz CT molecular complexity index is 882. The minimum Gasteiger partial charge on any atom is -0.344 e. The van der Waals surface area contributed by atoms with E-state index in [0.717, 1.165) is 37.6 Å². The summed E-state index contributed by atoms with van der Waals surface area (Å²) in [4.78, 5) is 29.2. The van der Waals surface area contributed by atoms with Gasteiger partial charge >= 0.3 is 0 Å². The normalized spacial score (nSPS) is 15.1. The Morgan fingerprint density at radius 1 is 1.18 bits per heavy atom. The molecular weight excluding hydrogens is 376 g/mol. The third kappa shape index (κ3) is 5.16. The number of terminal acetylenes is 1. The van der Waals surface area contributed by atoms with Gasteiger partial charge in [0.25, 0.3) is 5.69 Å². The number of nitrogens with zero attached hydrogens (tertiary/aromatic N) is 3. The van der Waals surface area contributed by atoms with Crippen molar-refractivity contribution in [3.8, 4) is 22.8 Å². The zero-order valence-corrected chi connectivity index (χ0v) is 16.3. The van der Waals surface area contributed by atoms with E-state index < -0.39 is 0 Å². The molecule has 0 spiro atoms. The molecule has 0 aliphatic carbocycles. The first-order valence-electron chi connectivity index (χ1n) is 9.04. The minimum atomic E-state index is -0.340. The molecule has 28 heavy (non-hydrogen) atoms. The lowest BCUT2D eigenvalue weighted by Crippen LogP contribution is -2.49. The first kappa shape index (κ1) is 20.0. The van der Waals surface area contributed by atoms with Crippen molar-refractivity contribution in [3.63, 3.8) is 0 Å². The SMILES string of the molecule is C#CCNC(=O)CN1CCN(Cc2ccc(-c3ccccc3[N+](=O)[O-])s2)CC1. The fourth-order valence-electron chi connectivity index (χ4n) is 3.18. The predicted molar refractivity (Wildman–Crippen MR) is 110 cm³/mol. The molecule has 2 aromatic rings. The lowest BCUT2D eigenvalue weighted by molar-refractivity contribution is -0.384. The summed E-state index contributed by atoms with van der Waals surface area (Å²) in [6, 6.07) is 10.8. The molecule has 0 saturated carbocycles. The highest BCUT2D eigenvalue weighted by atomic mass is 32.1. The number of hydrogen-bond acceptors (Lipinski definition) is 6. The summed E-state index contributed by atoms with van der Waals surface area (Å²) < 4.78 is 0. The molecule has 0 bridgehead atoms. The molecule has 146 valence electrons. The Labute approximate surface area is 168 Å². The van der Waals surface area contributed by atoms with Crippen LogP contribution >= 0.6 is 11.3 Å². The third-order valence-corrected chi connectivity index (χ3v) is 5.73. The lowest BCUT2D eigenvalue weighted by atomic mass is 10.1. The van der Waals surface area contributed by atoms with Crippen molar-refractivity contribution < 1.29 is 9.72 Å². The zero-order chi connectivity index (χ0) is 19.9. The van der Waals surface area contributed by atoms with Gasteiger partial charge < -0.3 is 5.32 Å². The highest BCUT2D eigenvalue weighted by Gasteiger charge is 2.20. The molecule has 1 fully saturated rings. The van der Waals surface area contributed by atoms with E-state index in [1.54, 1.807) is 23.5 Å². The first-order chi connectivity index (χ1) is 13.6. The number of nitro benzene ring substituents is 1. The topological polar surface area (TPSA) is 78.7 Å². The van der Waals surface area contributed by atoms with E-state index in [0.29, 0.717) is 12.1 Å². The van der Waals surface area contributed by atoms with E-state index in [1.165, 1.54) is 10.9 Å². The second kappa shape index (κ2) is 9.46. The van der Waals surface area contributed by atoms with Crippen LogP contribution in [-0.4, -0.2) is 59.9 Å². The number of amides is 1. The predicted octanol–water partition coefficient (Wildman–Crippen LogP) is 2.19. The Morgan fingerprint density at radius 2 is 1.89 bits per heavy atom. The van der Waals surface area contributed by atoms with Crippen molar-refractivity contribution in [2.45, 2.75) is 6.54 Å². The zero-order valence-electron chi connectivity index (χ0n) is 15.5. The van der Waals surface area contributed by atoms with Crippen LogP contribution in [0.5, 0.6) is 0 Å². The van der Waals surface area contributed by atoms with Crippen LogP contribution in [0.25, 0.3) is 10.4 Å². The summed E-state index contributed by atoms with van der Waals surface area (Å²) in [5, 5.41) is 13.9. The maximum Gasteiger partial charge on any atom is 0.278 e. The first-order valence-corrected chi connectivity index (χ1v) is 9.86. The van der Waals surface area contributed by atoms with E-state index in [4.69, 9.17) is 6.42 Å². The highest BCUT2D eigenvalue weighted by molar-refractivity contribution is 7.15. The van der Waals surface area contributed by atoms with Gasteiger partial charge in [-0.15, -0.1) is 17.8 Å². The van der Waals surface area contributed by atoms with E-state index in [-0.39, 0.29) is 23.1 Å². The fourth-order valence-corrected chi connectivity index (χ4v) is 4.27. The van der Waals surface area contributed by atoms with Crippen molar-refractivity contribution in [2.24, 2.45) is 0 Å². The van der Waals surface area contributed by atoms with Crippen LogP contribution < -0.4 is 5.32 Å². The number of rotatable bonds is 7. The maximum absolute atomic E-state index is 11.7. The summed E-state index contributed by atoms with van der Waals surface area (Å²) in [5.41, 5.74) is 0.791. The van der Waals surface area contributed by atoms with Crippen LogP contribution in [0.2, 0.25) is 0 Å². The average Bonchev–Trinajstić information content (AvgIpc) is 3.16. The second-order valence-corrected chi connectivity index (χ2v) is 7.74. The van der Waals surface area contributed by atoms with Crippen LogP contribution in [0.4, 0.5) is 5.69 Å². The minimum absolute atomic E-state index is 0.0428. The molecule has 1 aromatic carbocycles. The number of piperazine rings is 1. The van der Waals surface area contributed by atoms with Gasteiger partial charge in [-0.2, -0.15) is 0 Å². The summed E-state index contributed by atoms with van der Waals surface area (Å²) in [6.45, 7) is 4.85. The Morgan fingerprint density at radius 3 is 2.61 bits per heavy atom. The van der Waals surface area contributed by atoms with Gasteiger partial charge in [-0.05, 0) is 18.2 Å². The molecule has 1 amide bonds. The van der Waals surface area contributed by atoms with E-state index >= 15 is 0 Å². The van der Waals surface area contributed by atoms with Crippen LogP contribution in [0.3, 0.4) is 0 Å². The molecule has 1 aromatic heterocycles. The number of nitro groups is 1. The molecule has 8 heteroatoms.